The normalized spacial score (nSPS) is 24.6. The average molecular weight is 544 g/mol. The number of H-pyrrole nitrogens is 1. The van der Waals surface area contributed by atoms with Gasteiger partial charge in [0.25, 0.3) is 0 Å². The van der Waals surface area contributed by atoms with E-state index in [0.717, 1.165) is 4.73 Å². The number of hydrogen-bond acceptors (Lipinski definition) is 9. The molecule has 0 saturated carbocycles. The molecular formula is C23H27F2N3O8S. The first-order valence-corrected chi connectivity index (χ1v) is 11.9. The van der Waals surface area contributed by atoms with Crippen molar-refractivity contribution >= 4 is 24.3 Å². The maximum atomic E-state index is 15.7. The lowest BCUT2D eigenvalue weighted by atomic mass is 9.90. The highest BCUT2D eigenvalue weighted by molar-refractivity contribution is 7.71. The molecule has 202 valence electrons. The van der Waals surface area contributed by atoms with Gasteiger partial charge in [0.15, 0.2) is 6.04 Å². The van der Waals surface area contributed by atoms with Crippen LogP contribution in [0.25, 0.3) is 0 Å². The van der Waals surface area contributed by atoms with Gasteiger partial charge in [-0.15, -0.1) is 0 Å². The number of ether oxygens (including phenoxy) is 5. The maximum Gasteiger partial charge on any atom is 0.408 e. The van der Waals surface area contributed by atoms with Gasteiger partial charge in [-0.2, -0.15) is 13.5 Å². The molecule has 5 rings (SSSR count). The topological polar surface area (TPSA) is 122 Å². The third-order valence-electron chi connectivity index (χ3n) is 5.78. The summed E-state index contributed by atoms with van der Waals surface area (Å²) < 4.78 is 59.1. The Morgan fingerprint density at radius 3 is 2.41 bits per heavy atom. The number of benzene rings is 1. The molecule has 0 aliphatic carbocycles. The molecule has 3 saturated heterocycles. The Bertz CT molecular complexity index is 1130. The molecule has 3 aliphatic heterocycles. The number of nitrogens with one attached hydrogen (secondary N) is 2. The molecule has 3 aliphatic rings. The summed E-state index contributed by atoms with van der Waals surface area (Å²) >= 11 is 5.06. The van der Waals surface area contributed by atoms with Gasteiger partial charge < -0.3 is 38.8 Å². The van der Waals surface area contributed by atoms with Crippen LogP contribution < -0.4 is 10.2 Å². The number of aromatic nitrogens is 2. The molecule has 2 bridgehead atoms. The molecule has 0 unspecified atom stereocenters. The van der Waals surface area contributed by atoms with Crippen molar-refractivity contribution in [2.75, 3.05) is 26.4 Å². The third kappa shape index (κ3) is 5.76. The smallest absolute Gasteiger partial charge is 0.408 e. The van der Waals surface area contributed by atoms with Crippen molar-refractivity contribution in [1.82, 2.24) is 15.0 Å². The van der Waals surface area contributed by atoms with E-state index >= 15 is 8.78 Å². The largest absolute Gasteiger partial charge is 0.461 e. The molecule has 37 heavy (non-hydrogen) atoms. The SMILES string of the molecule is CCOC(=O)C(F)(F)[C@@H](On1cc[nH]c1=S)[C@H](NC(=O)OCc1ccccc1)C12OCC(C)(CO1)CO2. The second kappa shape index (κ2) is 10.7. The number of amides is 1. The van der Waals surface area contributed by atoms with E-state index in [0.29, 0.717) is 5.56 Å². The Morgan fingerprint density at radius 2 is 1.84 bits per heavy atom. The van der Waals surface area contributed by atoms with Crippen LogP contribution in [0, 0.1) is 10.2 Å². The Kier molecular flexibility index (Phi) is 7.83. The molecule has 0 spiro atoms. The van der Waals surface area contributed by atoms with Crippen LogP contribution in [0.1, 0.15) is 19.4 Å². The number of hydrogen-bond donors (Lipinski definition) is 2. The molecule has 2 aromatic rings. The minimum Gasteiger partial charge on any atom is -0.461 e. The Balaban J connectivity index is 1.68. The van der Waals surface area contributed by atoms with E-state index in [1.165, 1.54) is 19.3 Å². The van der Waals surface area contributed by atoms with Gasteiger partial charge in [0.1, 0.15) is 6.61 Å². The number of esters is 1. The fraction of sp³-hybridized carbons (Fsp3) is 0.522. The molecule has 2 N–H and O–H groups in total. The first-order valence-electron chi connectivity index (χ1n) is 11.5. The Hall–Kier alpha value is -3.07. The second-order valence-electron chi connectivity index (χ2n) is 8.92. The van der Waals surface area contributed by atoms with Crippen molar-refractivity contribution in [3.63, 3.8) is 0 Å². The van der Waals surface area contributed by atoms with E-state index in [4.69, 9.17) is 36.0 Å². The van der Waals surface area contributed by atoms with Gasteiger partial charge in [-0.3, -0.25) is 0 Å². The van der Waals surface area contributed by atoms with Crippen LogP contribution in [0.2, 0.25) is 0 Å². The van der Waals surface area contributed by atoms with Crippen LogP contribution in [0.4, 0.5) is 13.6 Å². The zero-order chi connectivity index (χ0) is 26.7. The summed E-state index contributed by atoms with van der Waals surface area (Å²) in [5, 5.41) is 2.31. The summed E-state index contributed by atoms with van der Waals surface area (Å²) in [7, 11) is 0. The van der Waals surface area contributed by atoms with Crippen LogP contribution in [0.3, 0.4) is 0 Å². The molecular weight excluding hydrogens is 516 g/mol. The predicted molar refractivity (Wildman–Crippen MR) is 124 cm³/mol. The predicted octanol–water partition coefficient (Wildman–Crippen LogP) is 2.57. The average Bonchev–Trinajstić information content (AvgIpc) is 3.30. The summed E-state index contributed by atoms with van der Waals surface area (Å²) in [6.07, 6.45) is -1.02. The number of fused-ring (bicyclic) bond motifs is 3. The number of carbonyl (C=O) groups excluding carboxylic acids is 2. The van der Waals surface area contributed by atoms with Gasteiger partial charge in [-0.25, -0.2) is 9.59 Å². The summed E-state index contributed by atoms with van der Waals surface area (Å²) in [6, 6.07) is 6.80. The van der Waals surface area contributed by atoms with Crippen LogP contribution in [0.5, 0.6) is 0 Å². The van der Waals surface area contributed by atoms with Crippen molar-refractivity contribution in [2.24, 2.45) is 5.41 Å². The second-order valence-corrected chi connectivity index (χ2v) is 9.31. The highest BCUT2D eigenvalue weighted by Crippen LogP contribution is 2.42. The first kappa shape index (κ1) is 27.0. The van der Waals surface area contributed by atoms with Crippen molar-refractivity contribution in [3.8, 4) is 0 Å². The lowest BCUT2D eigenvalue weighted by molar-refractivity contribution is -0.480. The quantitative estimate of drug-likeness (QED) is 0.344. The number of alkyl carbamates (subject to hydrolysis) is 1. The molecule has 14 heteroatoms. The van der Waals surface area contributed by atoms with E-state index in [1.807, 2.05) is 6.92 Å². The van der Waals surface area contributed by atoms with Crippen molar-refractivity contribution in [1.29, 1.82) is 0 Å². The number of imidazole rings is 1. The Morgan fingerprint density at radius 1 is 1.19 bits per heavy atom. The number of nitrogens with zero attached hydrogens (tertiary/aromatic N) is 1. The monoisotopic (exact) mass is 543 g/mol. The summed E-state index contributed by atoms with van der Waals surface area (Å²) in [5.74, 6) is -8.44. The lowest BCUT2D eigenvalue weighted by Crippen LogP contribution is -2.74. The fourth-order valence-corrected chi connectivity index (χ4v) is 3.95. The van der Waals surface area contributed by atoms with Gasteiger partial charge in [-0.05, 0) is 24.7 Å². The number of rotatable bonds is 10. The minimum absolute atomic E-state index is 0.0749. The number of carbonyl (C=O) groups is 2. The summed E-state index contributed by atoms with van der Waals surface area (Å²) in [6.45, 7) is 2.94. The molecule has 11 nitrogen and oxygen atoms in total. The molecule has 1 aromatic carbocycles. The van der Waals surface area contributed by atoms with E-state index < -0.39 is 41.5 Å². The van der Waals surface area contributed by atoms with Gasteiger partial charge in [0.2, 0.25) is 10.9 Å². The molecule has 1 aromatic heterocycles. The van der Waals surface area contributed by atoms with Gasteiger partial charge >= 0.3 is 24.0 Å². The summed E-state index contributed by atoms with van der Waals surface area (Å²) in [5.41, 5.74) is 0.133. The zero-order valence-electron chi connectivity index (χ0n) is 20.1. The van der Waals surface area contributed by atoms with E-state index in [1.54, 1.807) is 30.3 Å². The van der Waals surface area contributed by atoms with Crippen molar-refractivity contribution in [2.45, 2.75) is 44.5 Å². The Labute approximate surface area is 215 Å². The molecule has 1 amide bonds. The van der Waals surface area contributed by atoms with Gasteiger partial charge in [-0.1, -0.05) is 37.3 Å². The van der Waals surface area contributed by atoms with Crippen LogP contribution >= 0.6 is 12.2 Å². The highest BCUT2D eigenvalue weighted by atomic mass is 32.1. The first-order chi connectivity index (χ1) is 17.6. The van der Waals surface area contributed by atoms with E-state index in [-0.39, 0.29) is 37.8 Å². The van der Waals surface area contributed by atoms with E-state index in [2.05, 4.69) is 15.0 Å². The maximum absolute atomic E-state index is 15.7. The third-order valence-corrected chi connectivity index (χ3v) is 6.08. The number of alkyl halides is 2. The molecule has 3 fully saturated rings. The molecule has 2 atom stereocenters. The highest BCUT2D eigenvalue weighted by Gasteiger charge is 2.66. The van der Waals surface area contributed by atoms with Gasteiger partial charge in [0.05, 0.1) is 32.6 Å². The number of aromatic amines is 1. The van der Waals surface area contributed by atoms with Crippen molar-refractivity contribution < 1.29 is 46.9 Å². The van der Waals surface area contributed by atoms with Crippen LogP contribution in [-0.4, -0.2) is 72.2 Å². The molecule has 4 heterocycles. The summed E-state index contributed by atoms with van der Waals surface area (Å²) in [4.78, 5) is 33.3. The minimum atomic E-state index is -4.33. The van der Waals surface area contributed by atoms with Crippen molar-refractivity contribution in [3.05, 3.63) is 53.1 Å². The van der Waals surface area contributed by atoms with Gasteiger partial charge in [0, 0.05) is 11.6 Å². The van der Waals surface area contributed by atoms with E-state index in [9.17, 15) is 9.59 Å². The lowest BCUT2D eigenvalue weighted by Gasteiger charge is -2.53. The fourth-order valence-electron chi connectivity index (χ4n) is 3.78. The van der Waals surface area contributed by atoms with Crippen LogP contribution in [0.15, 0.2) is 42.7 Å². The van der Waals surface area contributed by atoms with Crippen LogP contribution in [-0.2, 0) is 35.1 Å². The number of halogens is 2. The zero-order valence-corrected chi connectivity index (χ0v) is 20.9. The molecule has 0 radical (unpaired) electrons. The standard InChI is InChI=1S/C23H27F2N3O8S/c1-3-31-18(29)22(24,25)17(36-28-10-9-26-19(28)37)16(23-33-12-21(2,13-34-23)14-35-23)27-20(30)32-11-15-7-5-4-6-8-15/h4-10,16-17H,3,11-14H2,1-2H3,(H,26,37)(H,27,30)/t16-,17-,21?,23?/m0/s1.